The number of hydrazine groups is 1. The molecule has 2 amide bonds. The van der Waals surface area contributed by atoms with Gasteiger partial charge in [0.1, 0.15) is 0 Å². The minimum atomic E-state index is -0.512. The molecule has 1 aromatic heterocycles. The second kappa shape index (κ2) is 12.9. The molecular formula is C29H39N7O4. The number of nitrogens with one attached hydrogen (secondary N) is 2. The van der Waals surface area contributed by atoms with Crippen molar-refractivity contribution >= 4 is 17.5 Å². The van der Waals surface area contributed by atoms with Gasteiger partial charge < -0.3 is 20.0 Å². The van der Waals surface area contributed by atoms with Gasteiger partial charge in [0.2, 0.25) is 11.8 Å². The minimum Gasteiger partial charge on any atom is -0.388 e. The molecule has 0 spiro atoms. The molecule has 3 aromatic rings. The standard InChI is InChI=1S/C29H39N7O4/c1-6-36-29(39)40-28(32-36)22-11-12-25(21(4)15-22)34(18-26(37)31-14-13-30-20(2)3)19-27(38)33(5)35-16-23-9-7-8-10-24(23)17-35/h7-12,15,20,30H,6,13-14,16-19H2,1-5H3,(H,31,37). The summed E-state index contributed by atoms with van der Waals surface area (Å²) in [6, 6.07) is 14.0. The second-order valence-electron chi connectivity index (χ2n) is 10.3. The Morgan fingerprint density at radius 1 is 1.07 bits per heavy atom. The van der Waals surface area contributed by atoms with Gasteiger partial charge in [-0.05, 0) is 48.7 Å². The lowest BCUT2D eigenvalue weighted by molar-refractivity contribution is -0.145. The van der Waals surface area contributed by atoms with Gasteiger partial charge in [-0.25, -0.2) is 9.80 Å². The zero-order valence-corrected chi connectivity index (χ0v) is 23.9. The summed E-state index contributed by atoms with van der Waals surface area (Å²) in [6.07, 6.45) is 0. The van der Waals surface area contributed by atoms with E-state index in [0.29, 0.717) is 44.3 Å². The van der Waals surface area contributed by atoms with Crippen LogP contribution in [0.25, 0.3) is 11.5 Å². The third kappa shape index (κ3) is 6.97. The molecule has 2 aromatic carbocycles. The highest BCUT2D eigenvalue weighted by Crippen LogP contribution is 2.27. The van der Waals surface area contributed by atoms with Crippen molar-refractivity contribution in [2.75, 3.05) is 38.1 Å². The van der Waals surface area contributed by atoms with Gasteiger partial charge in [0.05, 0.1) is 13.1 Å². The van der Waals surface area contributed by atoms with Gasteiger partial charge in [0.15, 0.2) is 0 Å². The van der Waals surface area contributed by atoms with E-state index in [-0.39, 0.29) is 30.8 Å². The van der Waals surface area contributed by atoms with Gasteiger partial charge in [0.25, 0.3) is 5.91 Å². The quantitative estimate of drug-likeness (QED) is 0.330. The molecule has 0 saturated carbocycles. The van der Waals surface area contributed by atoms with Crippen molar-refractivity contribution in [2.45, 2.75) is 53.4 Å². The molecule has 0 atom stereocenters. The fraction of sp³-hybridized carbons (Fsp3) is 0.448. The molecule has 2 N–H and O–H groups in total. The van der Waals surface area contributed by atoms with Crippen molar-refractivity contribution in [3.63, 3.8) is 0 Å². The van der Waals surface area contributed by atoms with Crippen LogP contribution < -0.4 is 21.3 Å². The van der Waals surface area contributed by atoms with E-state index >= 15 is 0 Å². The first-order valence-electron chi connectivity index (χ1n) is 13.7. The van der Waals surface area contributed by atoms with Gasteiger partial charge in [-0.3, -0.25) is 14.6 Å². The van der Waals surface area contributed by atoms with E-state index in [4.69, 9.17) is 4.42 Å². The number of aryl methyl sites for hydroxylation is 2. The Kier molecular flexibility index (Phi) is 9.38. The number of aromatic nitrogens is 2. The number of carbonyl (C=O) groups is 2. The van der Waals surface area contributed by atoms with E-state index in [1.54, 1.807) is 23.0 Å². The van der Waals surface area contributed by atoms with E-state index in [9.17, 15) is 14.4 Å². The smallest absolute Gasteiger partial charge is 0.388 e. The first kappa shape index (κ1) is 29.0. The number of anilines is 1. The summed E-state index contributed by atoms with van der Waals surface area (Å²) < 4.78 is 6.57. The van der Waals surface area contributed by atoms with Crippen molar-refractivity contribution in [2.24, 2.45) is 0 Å². The number of nitrogens with zero attached hydrogens (tertiary/aromatic N) is 5. The van der Waals surface area contributed by atoms with Crippen LogP contribution >= 0.6 is 0 Å². The Morgan fingerprint density at radius 2 is 1.77 bits per heavy atom. The summed E-state index contributed by atoms with van der Waals surface area (Å²) in [4.78, 5) is 40.2. The summed E-state index contributed by atoms with van der Waals surface area (Å²) >= 11 is 0. The third-order valence-corrected chi connectivity index (χ3v) is 6.96. The van der Waals surface area contributed by atoms with Crippen molar-refractivity contribution < 1.29 is 14.0 Å². The van der Waals surface area contributed by atoms with Crippen LogP contribution in [0.5, 0.6) is 0 Å². The first-order valence-corrected chi connectivity index (χ1v) is 13.7. The van der Waals surface area contributed by atoms with Crippen molar-refractivity contribution in [1.29, 1.82) is 0 Å². The predicted octanol–water partition coefficient (Wildman–Crippen LogP) is 2.14. The Morgan fingerprint density at radius 3 is 2.38 bits per heavy atom. The van der Waals surface area contributed by atoms with Crippen LogP contribution in [0, 0.1) is 6.92 Å². The maximum Gasteiger partial charge on any atom is 0.437 e. The molecule has 0 unspecified atom stereocenters. The molecule has 0 radical (unpaired) electrons. The van der Waals surface area contributed by atoms with Crippen molar-refractivity contribution in [1.82, 2.24) is 30.4 Å². The molecule has 0 aliphatic carbocycles. The molecule has 40 heavy (non-hydrogen) atoms. The number of hydrogen-bond donors (Lipinski definition) is 2. The zero-order chi connectivity index (χ0) is 28.8. The maximum absolute atomic E-state index is 13.5. The van der Waals surface area contributed by atoms with Gasteiger partial charge >= 0.3 is 5.76 Å². The number of fused-ring (bicyclic) bond motifs is 1. The summed E-state index contributed by atoms with van der Waals surface area (Å²) in [7, 11) is 1.77. The molecule has 0 saturated heterocycles. The van der Waals surface area contributed by atoms with E-state index in [1.165, 1.54) is 15.8 Å². The summed E-state index contributed by atoms with van der Waals surface area (Å²) in [6.45, 7) is 10.7. The lowest BCUT2D eigenvalue weighted by Gasteiger charge is -2.32. The Bertz CT molecular complexity index is 1370. The maximum atomic E-state index is 13.5. The Balaban J connectivity index is 1.51. The second-order valence-corrected chi connectivity index (χ2v) is 10.3. The third-order valence-electron chi connectivity index (χ3n) is 6.96. The molecular weight excluding hydrogens is 510 g/mol. The predicted molar refractivity (Wildman–Crippen MR) is 153 cm³/mol. The first-order chi connectivity index (χ1) is 19.2. The lowest BCUT2D eigenvalue weighted by atomic mass is 10.1. The van der Waals surface area contributed by atoms with Crippen LogP contribution in [-0.4, -0.2) is 70.9 Å². The molecule has 0 bridgehead atoms. The molecule has 214 valence electrons. The van der Waals surface area contributed by atoms with Crippen LogP contribution in [0.4, 0.5) is 5.69 Å². The van der Waals surface area contributed by atoms with Crippen LogP contribution in [-0.2, 0) is 29.2 Å². The Hall–Kier alpha value is -3.96. The van der Waals surface area contributed by atoms with Crippen LogP contribution in [0.15, 0.2) is 51.7 Å². The van der Waals surface area contributed by atoms with Crippen LogP contribution in [0.3, 0.4) is 0 Å². The zero-order valence-electron chi connectivity index (χ0n) is 23.9. The molecule has 11 nitrogen and oxygen atoms in total. The highest BCUT2D eigenvalue weighted by Gasteiger charge is 2.27. The summed E-state index contributed by atoms with van der Waals surface area (Å²) in [5.74, 6) is -0.584. The lowest BCUT2D eigenvalue weighted by Crippen LogP contribution is -2.48. The van der Waals surface area contributed by atoms with Gasteiger partial charge in [-0.1, -0.05) is 38.1 Å². The SMILES string of the molecule is CCn1nc(-c2ccc(N(CC(=O)NCCNC(C)C)CC(=O)N(C)N3Cc4ccccc4C3)c(C)c2)oc1=O. The summed E-state index contributed by atoms with van der Waals surface area (Å²) in [5.41, 5.74) is 4.62. The number of amides is 2. The highest BCUT2D eigenvalue weighted by molar-refractivity contribution is 5.87. The van der Waals surface area contributed by atoms with Crippen molar-refractivity contribution in [3.8, 4) is 11.5 Å². The number of benzene rings is 2. The van der Waals surface area contributed by atoms with Crippen LogP contribution in [0.2, 0.25) is 0 Å². The molecule has 4 rings (SSSR count). The van der Waals surface area contributed by atoms with Gasteiger partial charge in [0, 0.05) is 57.1 Å². The Labute approximate surface area is 234 Å². The van der Waals surface area contributed by atoms with E-state index in [2.05, 4.69) is 41.7 Å². The molecule has 2 heterocycles. The molecule has 11 heteroatoms. The van der Waals surface area contributed by atoms with E-state index in [0.717, 1.165) is 11.3 Å². The fourth-order valence-corrected chi connectivity index (χ4v) is 4.73. The normalized spacial score (nSPS) is 12.9. The van der Waals surface area contributed by atoms with E-state index in [1.807, 2.05) is 43.1 Å². The average Bonchev–Trinajstić information content (AvgIpc) is 3.53. The highest BCUT2D eigenvalue weighted by atomic mass is 16.4. The van der Waals surface area contributed by atoms with E-state index < -0.39 is 5.76 Å². The van der Waals surface area contributed by atoms with Crippen molar-refractivity contribution in [3.05, 3.63) is 69.7 Å². The largest absolute Gasteiger partial charge is 0.437 e. The minimum absolute atomic E-state index is 0.0146. The topological polar surface area (TPSA) is 116 Å². The number of rotatable bonds is 12. The number of likely N-dealkylation sites (N-methyl/N-ethyl adjacent to an activating group) is 1. The molecule has 1 aliphatic rings. The monoisotopic (exact) mass is 549 g/mol. The molecule has 0 fully saturated rings. The van der Waals surface area contributed by atoms with Gasteiger partial charge in [-0.2, -0.15) is 4.68 Å². The number of hydrogen-bond acceptors (Lipinski definition) is 8. The van der Waals surface area contributed by atoms with Crippen LogP contribution in [0.1, 0.15) is 37.5 Å². The van der Waals surface area contributed by atoms with Gasteiger partial charge in [-0.15, -0.1) is 5.10 Å². The average molecular weight is 550 g/mol. The summed E-state index contributed by atoms with van der Waals surface area (Å²) in [5, 5.41) is 14.1. The number of carbonyl (C=O) groups excluding carboxylic acids is 2. The molecule has 1 aliphatic heterocycles. The fourth-order valence-electron chi connectivity index (χ4n) is 4.73.